The van der Waals surface area contributed by atoms with Crippen molar-refractivity contribution in [3.05, 3.63) is 40.0 Å². The second-order valence-corrected chi connectivity index (χ2v) is 6.78. The maximum absolute atomic E-state index is 13.7. The number of carboxylic acids is 1. The molecule has 1 aromatic rings. The van der Waals surface area contributed by atoms with Crippen LogP contribution in [0.3, 0.4) is 0 Å². The van der Waals surface area contributed by atoms with Gasteiger partial charge in [-0.25, -0.2) is 12.8 Å². The number of carbonyl (C=O) groups is 1. The van der Waals surface area contributed by atoms with Crippen molar-refractivity contribution in [1.29, 1.82) is 0 Å². The van der Waals surface area contributed by atoms with Gasteiger partial charge in [-0.3, -0.25) is 9.52 Å². The van der Waals surface area contributed by atoms with Gasteiger partial charge in [0, 0.05) is 5.02 Å². The molecule has 0 aromatic heterocycles. The molecule has 0 spiro atoms. The van der Waals surface area contributed by atoms with E-state index < -0.39 is 27.7 Å². The van der Waals surface area contributed by atoms with Crippen LogP contribution in [0.15, 0.2) is 29.2 Å². The third-order valence-electron chi connectivity index (χ3n) is 3.17. The number of hydrogen-bond acceptors (Lipinski definition) is 3. The number of anilines is 1. The van der Waals surface area contributed by atoms with Crippen LogP contribution in [0.4, 0.5) is 10.1 Å². The van der Waals surface area contributed by atoms with Crippen molar-refractivity contribution in [3.8, 4) is 0 Å². The standard InChI is InChI=1S/C13H13ClFNO4S.Na.H/c14-8-5-6-11(10(15)7-8)16-21(19,20)12-4-2-1-3-9(12)13(17)18;;/h4-7,9,16H,1-3H2,(H,17,18);;. The zero-order chi connectivity index (χ0) is 15.6. The van der Waals surface area contributed by atoms with Crippen molar-refractivity contribution in [2.75, 3.05) is 4.72 Å². The zero-order valence-corrected chi connectivity index (χ0v) is 12.4. The summed E-state index contributed by atoms with van der Waals surface area (Å²) in [5.74, 6) is -3.14. The van der Waals surface area contributed by atoms with Gasteiger partial charge >= 0.3 is 35.5 Å². The van der Waals surface area contributed by atoms with Gasteiger partial charge in [-0.1, -0.05) is 17.7 Å². The average Bonchev–Trinajstić information content (AvgIpc) is 2.42. The Kier molecular flexibility index (Phi) is 6.88. The molecule has 0 saturated heterocycles. The van der Waals surface area contributed by atoms with Crippen molar-refractivity contribution >= 4 is 62.8 Å². The first kappa shape index (κ1) is 19.4. The van der Waals surface area contributed by atoms with E-state index in [4.69, 9.17) is 16.7 Å². The number of hydrogen-bond donors (Lipinski definition) is 2. The first-order valence-electron chi connectivity index (χ1n) is 6.22. The van der Waals surface area contributed by atoms with Crippen LogP contribution in [0.25, 0.3) is 0 Å². The molecule has 0 heterocycles. The van der Waals surface area contributed by atoms with E-state index in [2.05, 4.69) is 4.72 Å². The summed E-state index contributed by atoms with van der Waals surface area (Å²) < 4.78 is 40.3. The number of carboxylic acid groups (broad SMARTS) is 1. The van der Waals surface area contributed by atoms with Gasteiger partial charge in [0.2, 0.25) is 0 Å². The molecule has 9 heteroatoms. The molecule has 5 nitrogen and oxygen atoms in total. The zero-order valence-electron chi connectivity index (χ0n) is 10.8. The molecule has 1 aliphatic carbocycles. The predicted octanol–water partition coefficient (Wildman–Crippen LogP) is 2.34. The Morgan fingerprint density at radius 1 is 1.41 bits per heavy atom. The van der Waals surface area contributed by atoms with E-state index in [-0.39, 0.29) is 51.6 Å². The molecule has 1 unspecified atom stereocenters. The number of allylic oxidation sites excluding steroid dienone is 1. The van der Waals surface area contributed by atoms with E-state index >= 15 is 0 Å². The molecule has 0 radical (unpaired) electrons. The van der Waals surface area contributed by atoms with Gasteiger partial charge in [-0.15, -0.1) is 0 Å². The summed E-state index contributed by atoms with van der Waals surface area (Å²) >= 11 is 5.60. The van der Waals surface area contributed by atoms with Gasteiger partial charge in [0.15, 0.2) is 0 Å². The number of nitrogens with one attached hydrogen (secondary N) is 1. The Morgan fingerprint density at radius 2 is 2.09 bits per heavy atom. The quantitative estimate of drug-likeness (QED) is 0.810. The molecule has 0 amide bonds. The molecule has 116 valence electrons. The molecule has 0 fully saturated rings. The van der Waals surface area contributed by atoms with Gasteiger partial charge in [0.05, 0.1) is 16.5 Å². The number of sulfonamides is 1. The summed E-state index contributed by atoms with van der Waals surface area (Å²) in [5, 5.41) is 9.24. The summed E-state index contributed by atoms with van der Waals surface area (Å²) in [6.45, 7) is 0. The molecule has 1 atom stereocenters. The molecule has 2 N–H and O–H groups in total. The van der Waals surface area contributed by atoms with Crippen LogP contribution in [0.1, 0.15) is 19.3 Å². The van der Waals surface area contributed by atoms with Crippen molar-refractivity contribution in [3.63, 3.8) is 0 Å². The topological polar surface area (TPSA) is 83.5 Å². The molecule has 0 bridgehead atoms. The van der Waals surface area contributed by atoms with Crippen LogP contribution in [0.2, 0.25) is 5.02 Å². The first-order valence-corrected chi connectivity index (χ1v) is 8.08. The summed E-state index contributed by atoms with van der Waals surface area (Å²) in [7, 11) is -4.12. The Labute approximate surface area is 154 Å². The van der Waals surface area contributed by atoms with Gasteiger partial charge in [-0.05, 0) is 37.5 Å². The van der Waals surface area contributed by atoms with Gasteiger partial charge in [-0.2, -0.15) is 0 Å². The summed E-state index contributed by atoms with van der Waals surface area (Å²) in [4.78, 5) is 10.9. The van der Waals surface area contributed by atoms with Crippen LogP contribution in [0, 0.1) is 11.7 Å². The first-order chi connectivity index (χ1) is 9.81. The van der Waals surface area contributed by atoms with Crippen molar-refractivity contribution in [1.82, 2.24) is 0 Å². The van der Waals surface area contributed by atoms with Crippen LogP contribution in [0.5, 0.6) is 0 Å². The molecule has 0 aliphatic heterocycles. The van der Waals surface area contributed by atoms with Crippen molar-refractivity contribution in [2.24, 2.45) is 5.92 Å². The summed E-state index contributed by atoms with van der Waals surface area (Å²) in [6, 6.07) is 3.50. The fourth-order valence-electron chi connectivity index (χ4n) is 2.17. The molecule has 0 saturated carbocycles. The number of halogens is 2. The number of benzene rings is 1. The molecule has 22 heavy (non-hydrogen) atoms. The normalized spacial score (nSPS) is 18.1. The van der Waals surface area contributed by atoms with E-state index in [1.54, 1.807) is 0 Å². The van der Waals surface area contributed by atoms with E-state index in [0.717, 1.165) is 6.07 Å². The number of aliphatic carboxylic acids is 1. The van der Waals surface area contributed by atoms with Crippen LogP contribution in [-0.2, 0) is 14.8 Å². The minimum absolute atomic E-state index is 0. The van der Waals surface area contributed by atoms with Crippen LogP contribution in [-0.4, -0.2) is 49.1 Å². The van der Waals surface area contributed by atoms with Crippen LogP contribution < -0.4 is 4.72 Å². The van der Waals surface area contributed by atoms with E-state index in [9.17, 15) is 17.6 Å². The average molecular weight is 358 g/mol. The maximum atomic E-state index is 13.7. The van der Waals surface area contributed by atoms with Gasteiger partial charge < -0.3 is 5.11 Å². The summed E-state index contributed by atoms with van der Waals surface area (Å²) in [5.41, 5.74) is -0.269. The van der Waals surface area contributed by atoms with E-state index in [0.29, 0.717) is 12.8 Å². The van der Waals surface area contributed by atoms with Gasteiger partial charge in [0.1, 0.15) is 5.82 Å². The molecule has 1 aliphatic rings. The Bertz CT molecular complexity index is 708. The SMILES string of the molecule is O=C(O)C1CCCC=C1S(=O)(=O)Nc1ccc(Cl)cc1F.[NaH]. The van der Waals surface area contributed by atoms with E-state index in [1.807, 2.05) is 0 Å². The predicted molar refractivity (Wildman–Crippen MR) is 84.2 cm³/mol. The van der Waals surface area contributed by atoms with Crippen molar-refractivity contribution in [2.45, 2.75) is 19.3 Å². The minimum atomic E-state index is -4.12. The Hall–Kier alpha value is -0.600. The van der Waals surface area contributed by atoms with E-state index in [1.165, 1.54) is 18.2 Å². The fourth-order valence-corrected chi connectivity index (χ4v) is 3.83. The Morgan fingerprint density at radius 3 is 2.68 bits per heavy atom. The molecule has 1 aromatic carbocycles. The molecular weight excluding hydrogens is 344 g/mol. The van der Waals surface area contributed by atoms with Gasteiger partial charge in [0.25, 0.3) is 10.0 Å². The Balaban J connectivity index is 0.00000242. The fraction of sp³-hybridized carbons (Fsp3) is 0.308. The molecular formula is C13H14ClFNNaO4S. The second-order valence-electron chi connectivity index (χ2n) is 4.66. The second kappa shape index (κ2) is 7.79. The molecule has 2 rings (SSSR count). The van der Waals surface area contributed by atoms with Crippen LogP contribution >= 0.6 is 11.6 Å². The summed E-state index contributed by atoms with van der Waals surface area (Å²) in [6.07, 6.45) is 2.69. The third kappa shape index (κ3) is 4.45. The third-order valence-corrected chi connectivity index (χ3v) is 4.97. The monoisotopic (exact) mass is 357 g/mol. The van der Waals surface area contributed by atoms with Crippen molar-refractivity contribution < 1.29 is 22.7 Å². The number of rotatable bonds is 4.